The number of amides is 2. The average Bonchev–Trinajstić information content (AvgIpc) is 3.42. The number of nitrogens with zero attached hydrogens (tertiary/aromatic N) is 1. The topological polar surface area (TPSA) is 74.6 Å². The van der Waals surface area contributed by atoms with E-state index in [4.69, 9.17) is 4.42 Å². The van der Waals surface area contributed by atoms with Gasteiger partial charge in [-0.3, -0.25) is 9.59 Å². The fraction of sp³-hybridized carbons (Fsp3) is 0.172. The molecule has 0 spiro atoms. The Kier molecular flexibility index (Phi) is 6.61. The lowest BCUT2D eigenvalue weighted by Gasteiger charge is -2.31. The Morgan fingerprint density at radius 3 is 2.49 bits per heavy atom. The van der Waals surface area contributed by atoms with Crippen LogP contribution in [0.2, 0.25) is 0 Å². The Morgan fingerprint density at radius 1 is 0.857 bits per heavy atom. The second kappa shape index (κ2) is 10.3. The van der Waals surface area contributed by atoms with E-state index in [0.29, 0.717) is 22.6 Å². The van der Waals surface area contributed by atoms with Gasteiger partial charge in [0.15, 0.2) is 0 Å². The Morgan fingerprint density at radius 2 is 1.66 bits per heavy atom. The van der Waals surface area contributed by atoms with Gasteiger partial charge in [0.1, 0.15) is 5.76 Å². The molecule has 2 heterocycles. The van der Waals surface area contributed by atoms with Crippen molar-refractivity contribution in [1.29, 1.82) is 0 Å². The zero-order chi connectivity index (χ0) is 24.0. The summed E-state index contributed by atoms with van der Waals surface area (Å²) >= 11 is 0. The van der Waals surface area contributed by atoms with Crippen LogP contribution in [0.1, 0.15) is 44.0 Å². The van der Waals surface area contributed by atoms with E-state index in [9.17, 15) is 9.59 Å². The second-order valence-electron chi connectivity index (χ2n) is 8.61. The molecule has 1 aliphatic rings. The minimum Gasteiger partial charge on any atom is -0.467 e. The quantitative estimate of drug-likeness (QED) is 0.382. The van der Waals surface area contributed by atoms with Crippen molar-refractivity contribution in [2.75, 3.05) is 16.8 Å². The van der Waals surface area contributed by atoms with Crippen LogP contribution in [0.5, 0.6) is 0 Å². The molecule has 0 saturated carbocycles. The third-order valence-corrected chi connectivity index (χ3v) is 6.22. The summed E-state index contributed by atoms with van der Waals surface area (Å²) in [5.41, 5.74) is 5.23. The first-order valence-corrected chi connectivity index (χ1v) is 11.8. The van der Waals surface area contributed by atoms with Crippen molar-refractivity contribution < 1.29 is 14.0 Å². The summed E-state index contributed by atoms with van der Waals surface area (Å²) < 4.78 is 5.26. The maximum Gasteiger partial charge on any atom is 0.255 e. The summed E-state index contributed by atoms with van der Waals surface area (Å²) in [7, 11) is 0. The van der Waals surface area contributed by atoms with E-state index in [2.05, 4.69) is 39.8 Å². The van der Waals surface area contributed by atoms with E-state index >= 15 is 0 Å². The largest absolute Gasteiger partial charge is 0.467 e. The lowest BCUT2D eigenvalue weighted by molar-refractivity contribution is 0.0949. The third kappa shape index (κ3) is 5.27. The van der Waals surface area contributed by atoms with Gasteiger partial charge in [-0.2, -0.15) is 0 Å². The molecule has 1 aromatic heterocycles. The molecule has 0 radical (unpaired) electrons. The molecule has 0 unspecified atom stereocenters. The number of benzene rings is 3. The SMILES string of the molecule is O=C(Nc1ccccc1C(=O)NCc1ccco1)c1ccc(CN2CCCc3ccccc32)cc1. The molecular weight excluding hydrogens is 438 g/mol. The number of nitrogens with one attached hydrogen (secondary N) is 2. The first-order valence-electron chi connectivity index (χ1n) is 11.8. The summed E-state index contributed by atoms with van der Waals surface area (Å²) in [5.74, 6) is 0.119. The maximum atomic E-state index is 12.9. The van der Waals surface area contributed by atoms with Crippen LogP contribution in [-0.4, -0.2) is 18.4 Å². The average molecular weight is 466 g/mol. The van der Waals surface area contributed by atoms with Gasteiger partial charge in [-0.1, -0.05) is 42.5 Å². The number of hydrogen-bond acceptors (Lipinski definition) is 4. The number of aryl methyl sites for hydroxylation is 1. The van der Waals surface area contributed by atoms with Crippen LogP contribution in [0.3, 0.4) is 0 Å². The molecule has 4 aromatic rings. The smallest absolute Gasteiger partial charge is 0.255 e. The highest BCUT2D eigenvalue weighted by atomic mass is 16.3. The molecule has 0 fully saturated rings. The number of carbonyl (C=O) groups excluding carboxylic acids is 2. The van der Waals surface area contributed by atoms with Crippen molar-refractivity contribution in [3.05, 3.63) is 119 Å². The minimum absolute atomic E-state index is 0.258. The third-order valence-electron chi connectivity index (χ3n) is 6.22. The molecule has 3 aromatic carbocycles. The van der Waals surface area contributed by atoms with Crippen LogP contribution >= 0.6 is 0 Å². The van der Waals surface area contributed by atoms with Crippen LogP contribution in [-0.2, 0) is 19.5 Å². The number of para-hydroxylation sites is 2. The first kappa shape index (κ1) is 22.5. The number of carbonyl (C=O) groups is 2. The van der Waals surface area contributed by atoms with Gasteiger partial charge >= 0.3 is 0 Å². The lowest BCUT2D eigenvalue weighted by atomic mass is 10.0. The molecular formula is C29H27N3O3. The standard InChI is InChI=1S/C29H27N3O3/c33-28(31-26-11-3-2-10-25(26)29(34)30-19-24-9-6-18-35-24)23-15-13-21(14-16-23)20-32-17-5-8-22-7-1-4-12-27(22)32/h1-4,6-7,9-16,18H,5,8,17,19-20H2,(H,30,34)(H,31,33). The van der Waals surface area contributed by atoms with Crippen molar-refractivity contribution in [3.8, 4) is 0 Å². The lowest BCUT2D eigenvalue weighted by Crippen LogP contribution is -2.28. The van der Waals surface area contributed by atoms with Gasteiger partial charge in [0.25, 0.3) is 11.8 Å². The van der Waals surface area contributed by atoms with E-state index in [0.717, 1.165) is 31.5 Å². The van der Waals surface area contributed by atoms with Crippen molar-refractivity contribution in [2.24, 2.45) is 0 Å². The molecule has 0 saturated heterocycles. The highest BCUT2D eigenvalue weighted by molar-refractivity contribution is 6.09. The molecule has 0 aliphatic carbocycles. The fourth-order valence-electron chi connectivity index (χ4n) is 4.42. The zero-order valence-corrected chi connectivity index (χ0v) is 19.4. The Balaban J connectivity index is 1.24. The predicted octanol–water partition coefficient (Wildman–Crippen LogP) is 5.41. The highest BCUT2D eigenvalue weighted by Gasteiger charge is 2.17. The molecule has 2 amide bonds. The number of hydrogen-bond donors (Lipinski definition) is 2. The van der Waals surface area contributed by atoms with Gasteiger partial charge in [0.05, 0.1) is 24.1 Å². The van der Waals surface area contributed by atoms with Gasteiger partial charge in [-0.25, -0.2) is 0 Å². The molecule has 5 rings (SSSR count). The molecule has 6 nitrogen and oxygen atoms in total. The fourth-order valence-corrected chi connectivity index (χ4v) is 4.42. The Bertz CT molecular complexity index is 1310. The molecule has 176 valence electrons. The number of rotatable bonds is 7. The summed E-state index contributed by atoms with van der Waals surface area (Å²) in [6, 6.07) is 26.7. The molecule has 35 heavy (non-hydrogen) atoms. The molecule has 2 N–H and O–H groups in total. The van der Waals surface area contributed by atoms with Crippen molar-refractivity contribution in [2.45, 2.75) is 25.9 Å². The van der Waals surface area contributed by atoms with Gasteiger partial charge in [-0.15, -0.1) is 0 Å². The second-order valence-corrected chi connectivity index (χ2v) is 8.61. The van der Waals surface area contributed by atoms with Gasteiger partial charge in [0, 0.05) is 24.3 Å². The Labute approximate surface area is 204 Å². The molecule has 1 aliphatic heterocycles. The monoisotopic (exact) mass is 465 g/mol. The van der Waals surface area contributed by atoms with E-state index < -0.39 is 0 Å². The van der Waals surface area contributed by atoms with Crippen LogP contribution in [0, 0.1) is 0 Å². The van der Waals surface area contributed by atoms with Crippen LogP contribution in [0.4, 0.5) is 11.4 Å². The Hall–Kier alpha value is -4.32. The van der Waals surface area contributed by atoms with Crippen LogP contribution in [0.15, 0.2) is 95.6 Å². The van der Waals surface area contributed by atoms with E-state index in [-0.39, 0.29) is 18.4 Å². The summed E-state index contributed by atoms with van der Waals surface area (Å²) in [5, 5.41) is 5.70. The number of fused-ring (bicyclic) bond motifs is 1. The normalized spacial score (nSPS) is 12.6. The molecule has 0 atom stereocenters. The van der Waals surface area contributed by atoms with Crippen LogP contribution in [0.25, 0.3) is 0 Å². The predicted molar refractivity (Wildman–Crippen MR) is 137 cm³/mol. The minimum atomic E-state index is -0.283. The van der Waals surface area contributed by atoms with E-state index in [1.165, 1.54) is 11.3 Å². The van der Waals surface area contributed by atoms with Crippen molar-refractivity contribution in [3.63, 3.8) is 0 Å². The maximum absolute atomic E-state index is 12.9. The van der Waals surface area contributed by atoms with Crippen molar-refractivity contribution in [1.82, 2.24) is 5.32 Å². The van der Waals surface area contributed by atoms with E-state index in [1.54, 1.807) is 42.7 Å². The van der Waals surface area contributed by atoms with Gasteiger partial charge < -0.3 is 20.0 Å². The van der Waals surface area contributed by atoms with Gasteiger partial charge in [-0.05, 0) is 66.4 Å². The summed E-state index contributed by atoms with van der Waals surface area (Å²) in [6.45, 7) is 2.10. The molecule has 6 heteroatoms. The van der Waals surface area contributed by atoms with Gasteiger partial charge in [0.2, 0.25) is 0 Å². The van der Waals surface area contributed by atoms with Crippen LogP contribution < -0.4 is 15.5 Å². The zero-order valence-electron chi connectivity index (χ0n) is 19.4. The number of furan rings is 1. The van der Waals surface area contributed by atoms with Crippen molar-refractivity contribution >= 4 is 23.2 Å². The summed E-state index contributed by atoms with van der Waals surface area (Å²) in [6.07, 6.45) is 3.83. The summed E-state index contributed by atoms with van der Waals surface area (Å²) in [4.78, 5) is 28.0. The van der Waals surface area contributed by atoms with E-state index in [1.807, 2.05) is 24.3 Å². The first-order chi connectivity index (χ1) is 17.2. The molecule has 0 bridgehead atoms. The number of anilines is 2. The highest BCUT2D eigenvalue weighted by Crippen LogP contribution is 2.28.